The van der Waals surface area contributed by atoms with Gasteiger partial charge in [0.1, 0.15) is 5.82 Å². The van der Waals surface area contributed by atoms with Gasteiger partial charge < -0.3 is 4.74 Å². The predicted octanol–water partition coefficient (Wildman–Crippen LogP) is 3.69. The van der Waals surface area contributed by atoms with Crippen LogP contribution in [0.25, 0.3) is 11.3 Å². The van der Waals surface area contributed by atoms with E-state index in [1.165, 1.54) is 0 Å². The predicted molar refractivity (Wildman–Crippen MR) is 66.0 cm³/mol. The maximum atomic E-state index is 13.2. The van der Waals surface area contributed by atoms with Gasteiger partial charge in [0.15, 0.2) is 0 Å². The van der Waals surface area contributed by atoms with Crippen molar-refractivity contribution in [1.82, 2.24) is 4.98 Å². The van der Waals surface area contributed by atoms with Gasteiger partial charge in [0.2, 0.25) is 0 Å². The number of alkyl halides is 3. The molecule has 0 unspecified atom stereocenters. The van der Waals surface area contributed by atoms with Crippen molar-refractivity contribution in [1.29, 1.82) is 0 Å². The SMILES string of the molecule is COC(=O)c1cc(F)cnc1-c1ccc(C(F)(F)F)cc1. The quantitative estimate of drug-likeness (QED) is 0.627. The summed E-state index contributed by atoms with van der Waals surface area (Å²) in [5, 5.41) is 0. The van der Waals surface area contributed by atoms with Crippen molar-refractivity contribution >= 4 is 5.97 Å². The second-order valence-corrected chi connectivity index (χ2v) is 4.12. The highest BCUT2D eigenvalue weighted by atomic mass is 19.4. The molecule has 7 heteroatoms. The van der Waals surface area contributed by atoms with Crippen LogP contribution < -0.4 is 0 Å². The number of hydrogen-bond acceptors (Lipinski definition) is 3. The van der Waals surface area contributed by atoms with Gasteiger partial charge in [0.05, 0.1) is 30.1 Å². The molecule has 0 saturated heterocycles. The van der Waals surface area contributed by atoms with E-state index in [-0.39, 0.29) is 16.8 Å². The minimum absolute atomic E-state index is 0.0528. The molecule has 21 heavy (non-hydrogen) atoms. The fourth-order valence-electron chi connectivity index (χ4n) is 1.75. The third-order valence-electron chi connectivity index (χ3n) is 2.75. The van der Waals surface area contributed by atoms with Crippen molar-refractivity contribution in [2.24, 2.45) is 0 Å². The van der Waals surface area contributed by atoms with Crippen LogP contribution in [0.4, 0.5) is 17.6 Å². The summed E-state index contributed by atoms with van der Waals surface area (Å²) in [5.41, 5.74) is -0.675. The number of rotatable bonds is 2. The summed E-state index contributed by atoms with van der Waals surface area (Å²) in [6.45, 7) is 0. The Morgan fingerprint density at radius 1 is 1.19 bits per heavy atom. The van der Waals surface area contributed by atoms with Crippen LogP contribution in [0, 0.1) is 5.82 Å². The number of ether oxygens (including phenoxy) is 1. The Morgan fingerprint density at radius 3 is 2.33 bits per heavy atom. The molecule has 2 rings (SSSR count). The second kappa shape index (κ2) is 5.51. The summed E-state index contributed by atoms with van der Waals surface area (Å²) in [6, 6.07) is 4.97. The molecule has 1 aromatic carbocycles. The van der Waals surface area contributed by atoms with Crippen LogP contribution in [0.1, 0.15) is 15.9 Å². The average Bonchev–Trinajstić information content (AvgIpc) is 2.45. The fraction of sp³-hybridized carbons (Fsp3) is 0.143. The van der Waals surface area contributed by atoms with E-state index in [0.717, 1.165) is 43.6 Å². The molecule has 0 fully saturated rings. The van der Waals surface area contributed by atoms with Gasteiger partial charge in [-0.3, -0.25) is 4.98 Å². The summed E-state index contributed by atoms with van der Waals surface area (Å²) in [4.78, 5) is 15.3. The van der Waals surface area contributed by atoms with Crippen molar-refractivity contribution in [3.8, 4) is 11.3 Å². The van der Waals surface area contributed by atoms with Gasteiger partial charge in [-0.2, -0.15) is 13.2 Å². The van der Waals surface area contributed by atoms with E-state index in [2.05, 4.69) is 9.72 Å². The summed E-state index contributed by atoms with van der Waals surface area (Å²) in [5.74, 6) is -1.57. The summed E-state index contributed by atoms with van der Waals surface area (Å²) < 4.78 is 55.2. The van der Waals surface area contributed by atoms with Crippen molar-refractivity contribution < 1.29 is 27.1 Å². The van der Waals surface area contributed by atoms with Crippen LogP contribution in [0.2, 0.25) is 0 Å². The molecule has 2 aromatic rings. The summed E-state index contributed by atoms with van der Waals surface area (Å²) in [7, 11) is 1.11. The van der Waals surface area contributed by atoms with Crippen LogP contribution in [0.15, 0.2) is 36.5 Å². The molecule has 0 saturated carbocycles. The van der Waals surface area contributed by atoms with Crippen molar-refractivity contribution in [2.45, 2.75) is 6.18 Å². The third-order valence-corrected chi connectivity index (χ3v) is 2.75. The highest BCUT2D eigenvalue weighted by molar-refractivity contribution is 5.96. The monoisotopic (exact) mass is 299 g/mol. The van der Waals surface area contributed by atoms with E-state index >= 15 is 0 Å². The van der Waals surface area contributed by atoms with Crippen LogP contribution >= 0.6 is 0 Å². The van der Waals surface area contributed by atoms with Gasteiger partial charge >= 0.3 is 12.1 Å². The van der Waals surface area contributed by atoms with Crippen LogP contribution in [-0.2, 0) is 10.9 Å². The lowest BCUT2D eigenvalue weighted by molar-refractivity contribution is -0.137. The number of aromatic nitrogens is 1. The van der Waals surface area contributed by atoms with Gasteiger partial charge in [-0.1, -0.05) is 12.1 Å². The van der Waals surface area contributed by atoms with E-state index in [0.29, 0.717) is 0 Å². The number of methoxy groups -OCH3 is 1. The zero-order valence-corrected chi connectivity index (χ0v) is 10.7. The third kappa shape index (κ3) is 3.18. The Bertz CT molecular complexity index is 666. The first kappa shape index (κ1) is 15.0. The molecule has 0 bridgehead atoms. The number of esters is 1. The Kier molecular flexibility index (Phi) is 3.93. The largest absolute Gasteiger partial charge is 0.465 e. The lowest BCUT2D eigenvalue weighted by Crippen LogP contribution is -2.07. The molecule has 0 atom stereocenters. The van der Waals surface area contributed by atoms with Crippen LogP contribution in [-0.4, -0.2) is 18.1 Å². The number of carbonyl (C=O) groups excluding carboxylic acids is 1. The van der Waals surface area contributed by atoms with E-state index < -0.39 is 23.5 Å². The summed E-state index contributed by atoms with van der Waals surface area (Å²) >= 11 is 0. The van der Waals surface area contributed by atoms with E-state index in [1.807, 2.05) is 0 Å². The van der Waals surface area contributed by atoms with Crippen molar-refractivity contribution in [3.63, 3.8) is 0 Å². The molecule has 3 nitrogen and oxygen atoms in total. The molecule has 110 valence electrons. The van der Waals surface area contributed by atoms with Crippen LogP contribution in [0.3, 0.4) is 0 Å². The minimum Gasteiger partial charge on any atom is -0.465 e. The Balaban J connectivity index is 2.49. The molecule has 0 N–H and O–H groups in total. The molecule has 0 radical (unpaired) electrons. The van der Waals surface area contributed by atoms with Crippen molar-refractivity contribution in [2.75, 3.05) is 7.11 Å². The Hall–Kier alpha value is -2.44. The average molecular weight is 299 g/mol. The molecule has 0 aliphatic heterocycles. The number of halogens is 4. The zero-order valence-electron chi connectivity index (χ0n) is 10.7. The second-order valence-electron chi connectivity index (χ2n) is 4.12. The standard InChI is InChI=1S/C14H9F4NO2/c1-21-13(20)11-6-10(15)7-19-12(11)8-2-4-9(5-3-8)14(16,17)18/h2-7H,1H3. The topological polar surface area (TPSA) is 39.2 Å². The Morgan fingerprint density at radius 2 is 1.81 bits per heavy atom. The van der Waals surface area contributed by atoms with Gasteiger partial charge in [-0.25, -0.2) is 9.18 Å². The normalized spacial score (nSPS) is 11.3. The maximum absolute atomic E-state index is 13.2. The first-order chi connectivity index (χ1) is 9.82. The molecule has 1 heterocycles. The number of hydrogen-bond donors (Lipinski definition) is 0. The van der Waals surface area contributed by atoms with E-state index in [4.69, 9.17) is 0 Å². The smallest absolute Gasteiger partial charge is 0.416 e. The Labute approximate surface area is 117 Å². The molecule has 1 aromatic heterocycles. The molecular weight excluding hydrogens is 290 g/mol. The van der Waals surface area contributed by atoms with Gasteiger partial charge in [0.25, 0.3) is 0 Å². The number of nitrogens with zero attached hydrogens (tertiary/aromatic N) is 1. The van der Waals surface area contributed by atoms with Crippen LogP contribution in [0.5, 0.6) is 0 Å². The first-order valence-electron chi connectivity index (χ1n) is 5.74. The summed E-state index contributed by atoms with van der Waals surface area (Å²) in [6.07, 6.45) is -3.58. The molecule has 0 spiro atoms. The number of pyridine rings is 1. The van der Waals surface area contributed by atoms with Gasteiger partial charge in [0, 0.05) is 5.56 Å². The fourth-order valence-corrected chi connectivity index (χ4v) is 1.75. The molecule has 0 aliphatic rings. The zero-order chi connectivity index (χ0) is 15.6. The highest BCUT2D eigenvalue weighted by Crippen LogP contribution is 2.31. The lowest BCUT2D eigenvalue weighted by atomic mass is 10.0. The van der Waals surface area contributed by atoms with Crippen molar-refractivity contribution in [3.05, 3.63) is 53.5 Å². The molecule has 0 aliphatic carbocycles. The molecular formula is C14H9F4NO2. The van der Waals surface area contributed by atoms with Gasteiger partial charge in [-0.15, -0.1) is 0 Å². The molecule has 0 amide bonds. The number of benzene rings is 1. The van der Waals surface area contributed by atoms with E-state index in [9.17, 15) is 22.4 Å². The first-order valence-corrected chi connectivity index (χ1v) is 5.74. The van der Waals surface area contributed by atoms with Gasteiger partial charge in [-0.05, 0) is 18.2 Å². The van der Waals surface area contributed by atoms with E-state index in [1.54, 1.807) is 0 Å². The highest BCUT2D eigenvalue weighted by Gasteiger charge is 2.30. The minimum atomic E-state index is -4.46. The maximum Gasteiger partial charge on any atom is 0.416 e. The lowest BCUT2D eigenvalue weighted by Gasteiger charge is -2.09. The number of carbonyl (C=O) groups is 1.